The van der Waals surface area contributed by atoms with E-state index in [1.165, 1.54) is 0 Å². The van der Waals surface area contributed by atoms with Gasteiger partial charge in [0.05, 0.1) is 29.2 Å². The average molecular weight is 454 g/mol. The molecule has 0 saturated heterocycles. The summed E-state index contributed by atoms with van der Waals surface area (Å²) in [5.41, 5.74) is 1.26. The number of benzene rings is 2. The zero-order valence-electron chi connectivity index (χ0n) is 18.2. The van der Waals surface area contributed by atoms with Crippen molar-refractivity contribution in [1.82, 2.24) is 14.9 Å². The van der Waals surface area contributed by atoms with Crippen LogP contribution < -0.4 is 10.9 Å². The smallest absolute Gasteiger partial charge is 0.262 e. The predicted molar refractivity (Wildman–Crippen MR) is 126 cm³/mol. The van der Waals surface area contributed by atoms with Crippen molar-refractivity contribution in [3.05, 3.63) is 70.5 Å². The Morgan fingerprint density at radius 2 is 1.78 bits per heavy atom. The summed E-state index contributed by atoms with van der Waals surface area (Å²) in [6.07, 6.45) is 0.895. The van der Waals surface area contributed by atoms with Gasteiger partial charge in [-0.05, 0) is 38.0 Å². The monoisotopic (exact) mass is 453 g/mol. The van der Waals surface area contributed by atoms with Crippen LogP contribution in [0.3, 0.4) is 0 Å². The second-order valence-corrected chi connectivity index (χ2v) is 8.51. The minimum atomic E-state index is -0.423. The van der Waals surface area contributed by atoms with Gasteiger partial charge in [0, 0.05) is 13.2 Å². The molecule has 0 aliphatic rings. The maximum absolute atomic E-state index is 13.0. The minimum absolute atomic E-state index is 0.0200. The summed E-state index contributed by atoms with van der Waals surface area (Å²) in [5.74, 6) is -0.808. The van der Waals surface area contributed by atoms with Crippen molar-refractivity contribution in [3.63, 3.8) is 0 Å². The third-order valence-electron chi connectivity index (χ3n) is 4.62. The van der Waals surface area contributed by atoms with Gasteiger partial charge in [0.15, 0.2) is 5.16 Å². The van der Waals surface area contributed by atoms with E-state index in [1.54, 1.807) is 22.8 Å². The fourth-order valence-electron chi connectivity index (χ4n) is 3.14. The van der Waals surface area contributed by atoms with Crippen molar-refractivity contribution in [2.75, 3.05) is 12.4 Å². The van der Waals surface area contributed by atoms with Crippen molar-refractivity contribution in [2.45, 2.75) is 44.5 Å². The Balaban J connectivity index is 1.67. The highest BCUT2D eigenvalue weighted by atomic mass is 32.2. The first-order valence-corrected chi connectivity index (χ1v) is 11.5. The van der Waals surface area contributed by atoms with Gasteiger partial charge >= 0.3 is 0 Å². The molecule has 0 atom stereocenters. The number of imide groups is 1. The first kappa shape index (κ1) is 23.7. The molecule has 0 aliphatic heterocycles. The largest absolute Gasteiger partial charge is 0.379 e. The molecule has 32 heavy (non-hydrogen) atoms. The van der Waals surface area contributed by atoms with Gasteiger partial charge < -0.3 is 4.74 Å². The molecule has 0 spiro atoms. The maximum atomic E-state index is 13.0. The van der Waals surface area contributed by atoms with Gasteiger partial charge in [-0.1, -0.05) is 54.2 Å². The molecule has 1 N–H and O–H groups in total. The van der Waals surface area contributed by atoms with E-state index in [0.717, 1.165) is 17.3 Å². The summed E-state index contributed by atoms with van der Waals surface area (Å²) >= 11 is 1.14. The minimum Gasteiger partial charge on any atom is -0.379 e. The number of fused-ring (bicyclic) bond motifs is 1. The molecule has 7 nitrogen and oxygen atoms in total. The molecule has 168 valence electrons. The number of carbonyl (C=O) groups is 2. The van der Waals surface area contributed by atoms with Gasteiger partial charge in [0.2, 0.25) is 11.8 Å². The van der Waals surface area contributed by atoms with Crippen molar-refractivity contribution in [1.29, 1.82) is 0 Å². The van der Waals surface area contributed by atoms with Gasteiger partial charge in [0.1, 0.15) is 0 Å². The highest BCUT2D eigenvalue weighted by Crippen LogP contribution is 2.18. The Kier molecular flexibility index (Phi) is 8.58. The first-order valence-electron chi connectivity index (χ1n) is 10.5. The van der Waals surface area contributed by atoms with Crippen LogP contribution in [0.15, 0.2) is 64.5 Å². The molecule has 1 aromatic heterocycles. The number of ether oxygens (including phenoxy) is 1. The van der Waals surface area contributed by atoms with Crippen LogP contribution in [-0.4, -0.2) is 39.8 Å². The molecule has 0 saturated carbocycles. The van der Waals surface area contributed by atoms with Crippen LogP contribution in [0.2, 0.25) is 0 Å². The number of nitrogens with zero attached hydrogens (tertiary/aromatic N) is 2. The summed E-state index contributed by atoms with van der Waals surface area (Å²) in [6, 6.07) is 16.4. The van der Waals surface area contributed by atoms with E-state index in [1.807, 2.05) is 50.2 Å². The van der Waals surface area contributed by atoms with E-state index in [0.29, 0.717) is 35.6 Å². The van der Waals surface area contributed by atoms with Crippen LogP contribution in [-0.2, 0) is 27.3 Å². The fourth-order valence-corrected chi connectivity index (χ4v) is 3.97. The van der Waals surface area contributed by atoms with Crippen molar-refractivity contribution in [2.24, 2.45) is 0 Å². The highest BCUT2D eigenvalue weighted by Gasteiger charge is 2.15. The molecule has 0 unspecified atom stereocenters. The number of para-hydroxylation sites is 1. The third-order valence-corrected chi connectivity index (χ3v) is 5.60. The van der Waals surface area contributed by atoms with E-state index in [-0.39, 0.29) is 29.7 Å². The van der Waals surface area contributed by atoms with Gasteiger partial charge in [-0.3, -0.25) is 24.3 Å². The van der Waals surface area contributed by atoms with E-state index in [4.69, 9.17) is 4.74 Å². The Labute approximate surface area is 191 Å². The van der Waals surface area contributed by atoms with Gasteiger partial charge in [-0.25, -0.2) is 4.98 Å². The molecular weight excluding hydrogens is 426 g/mol. The Morgan fingerprint density at radius 3 is 2.53 bits per heavy atom. The van der Waals surface area contributed by atoms with E-state index in [2.05, 4.69) is 10.3 Å². The number of amides is 2. The molecular formula is C24H27N3O4S. The lowest BCUT2D eigenvalue weighted by atomic mass is 10.1. The Hall–Kier alpha value is -2.97. The number of hydrogen-bond donors (Lipinski definition) is 1. The molecule has 0 aliphatic carbocycles. The van der Waals surface area contributed by atoms with Crippen LogP contribution in [0.1, 0.15) is 25.8 Å². The Bertz CT molecular complexity index is 1130. The molecule has 0 fully saturated rings. The summed E-state index contributed by atoms with van der Waals surface area (Å²) in [6.45, 7) is 4.88. The van der Waals surface area contributed by atoms with Crippen LogP contribution >= 0.6 is 11.8 Å². The van der Waals surface area contributed by atoms with E-state index < -0.39 is 5.91 Å². The number of thioether (sulfide) groups is 1. The topological polar surface area (TPSA) is 90.3 Å². The molecule has 0 radical (unpaired) electrons. The van der Waals surface area contributed by atoms with Crippen LogP contribution in [0.25, 0.3) is 10.9 Å². The third kappa shape index (κ3) is 6.77. The average Bonchev–Trinajstić information content (AvgIpc) is 2.77. The van der Waals surface area contributed by atoms with Crippen molar-refractivity contribution >= 4 is 34.5 Å². The van der Waals surface area contributed by atoms with Crippen LogP contribution in [0, 0.1) is 0 Å². The lowest BCUT2D eigenvalue weighted by Gasteiger charge is -2.14. The Morgan fingerprint density at radius 1 is 1.06 bits per heavy atom. The van der Waals surface area contributed by atoms with Crippen LogP contribution in [0.5, 0.6) is 0 Å². The molecule has 3 rings (SSSR count). The fraction of sp³-hybridized carbons (Fsp3) is 0.333. The number of carbonyl (C=O) groups excluding carboxylic acids is 2. The van der Waals surface area contributed by atoms with Crippen molar-refractivity contribution < 1.29 is 14.3 Å². The molecule has 3 aromatic rings. The number of nitrogens with one attached hydrogen (secondary N) is 1. The first-order chi connectivity index (χ1) is 15.4. The molecule has 1 heterocycles. The van der Waals surface area contributed by atoms with E-state index in [9.17, 15) is 14.4 Å². The van der Waals surface area contributed by atoms with Gasteiger partial charge in [0.25, 0.3) is 5.56 Å². The maximum Gasteiger partial charge on any atom is 0.262 e. The summed E-state index contributed by atoms with van der Waals surface area (Å²) < 4.78 is 7.16. The normalized spacial score (nSPS) is 11.1. The standard InChI is InChI=1S/C24H27N3O4S/c1-17(2)31-14-8-13-27-23(30)19-11-6-7-12-20(19)25-24(27)32-16-22(29)26-21(28)15-18-9-4-3-5-10-18/h3-7,9-12,17H,8,13-16H2,1-2H3,(H,26,28,29). The van der Waals surface area contributed by atoms with Gasteiger partial charge in [-0.15, -0.1) is 0 Å². The second-order valence-electron chi connectivity index (χ2n) is 7.56. The SMILES string of the molecule is CC(C)OCCCn1c(SCC(=O)NC(=O)Cc2ccccc2)nc2ccccc2c1=O. The zero-order chi connectivity index (χ0) is 22.9. The van der Waals surface area contributed by atoms with Crippen LogP contribution in [0.4, 0.5) is 0 Å². The lowest BCUT2D eigenvalue weighted by Crippen LogP contribution is -2.33. The summed E-state index contributed by atoms with van der Waals surface area (Å²) in [5, 5.41) is 3.38. The van der Waals surface area contributed by atoms with Gasteiger partial charge in [-0.2, -0.15) is 0 Å². The lowest BCUT2D eigenvalue weighted by molar-refractivity contribution is -0.128. The number of hydrogen-bond acceptors (Lipinski definition) is 6. The summed E-state index contributed by atoms with van der Waals surface area (Å²) in [4.78, 5) is 42.1. The number of rotatable bonds is 10. The molecule has 0 bridgehead atoms. The molecule has 2 amide bonds. The predicted octanol–water partition coefficient (Wildman–Crippen LogP) is 3.19. The quantitative estimate of drug-likeness (QED) is 0.288. The molecule has 2 aromatic carbocycles. The highest BCUT2D eigenvalue weighted by molar-refractivity contribution is 7.99. The van der Waals surface area contributed by atoms with E-state index >= 15 is 0 Å². The zero-order valence-corrected chi connectivity index (χ0v) is 19.1. The number of aromatic nitrogens is 2. The molecule has 8 heteroatoms. The second kappa shape index (κ2) is 11.6. The van der Waals surface area contributed by atoms with Crippen molar-refractivity contribution in [3.8, 4) is 0 Å². The summed E-state index contributed by atoms with van der Waals surface area (Å²) in [7, 11) is 0.